The van der Waals surface area contributed by atoms with Crippen molar-refractivity contribution in [2.75, 3.05) is 23.0 Å². The monoisotopic (exact) mass is 455 g/mol. The Morgan fingerprint density at radius 1 is 1.22 bits per heavy atom. The molecule has 168 valence electrons. The summed E-state index contributed by atoms with van der Waals surface area (Å²) in [6, 6.07) is 13.9. The summed E-state index contributed by atoms with van der Waals surface area (Å²) in [5.74, 6) is 0.590. The van der Waals surface area contributed by atoms with E-state index in [-0.39, 0.29) is 23.6 Å². The van der Waals surface area contributed by atoms with Gasteiger partial charge in [0.2, 0.25) is 5.91 Å². The molecule has 9 heteroatoms. The highest BCUT2D eigenvalue weighted by molar-refractivity contribution is 7.99. The molecule has 7 nitrogen and oxygen atoms in total. The van der Waals surface area contributed by atoms with E-state index in [4.69, 9.17) is 4.74 Å². The smallest absolute Gasteiger partial charge is 0.234 e. The van der Waals surface area contributed by atoms with Crippen LogP contribution in [0.4, 0.5) is 15.8 Å². The molecule has 2 heterocycles. The van der Waals surface area contributed by atoms with Gasteiger partial charge in [0.25, 0.3) is 0 Å². The van der Waals surface area contributed by atoms with Crippen LogP contribution in [0.5, 0.6) is 0 Å². The first-order valence-electron chi connectivity index (χ1n) is 10.6. The van der Waals surface area contributed by atoms with Gasteiger partial charge in [-0.15, -0.1) is 10.2 Å². The number of carbonyl (C=O) groups excluding carboxylic acids is 1. The standard InChI is InChI=1S/C23H26FN5O2S/c1-16-4-2-5-19(12-16)26-22(30)15-32-23-28-27-21(29(23)14-20-6-3-11-31-20)13-25-18-9-7-17(24)8-10-18/h2,4-5,7-10,12,20,25H,3,6,11,13-15H2,1H3,(H,26,30)/t20-/m0/s1. The molecule has 0 unspecified atom stereocenters. The first-order valence-corrected chi connectivity index (χ1v) is 11.6. The molecule has 1 saturated heterocycles. The summed E-state index contributed by atoms with van der Waals surface area (Å²) in [5, 5.41) is 15.5. The number of halogens is 1. The number of benzene rings is 2. The lowest BCUT2D eigenvalue weighted by atomic mass is 10.2. The van der Waals surface area contributed by atoms with Crippen molar-refractivity contribution >= 4 is 29.0 Å². The molecule has 1 amide bonds. The Morgan fingerprint density at radius 2 is 2.06 bits per heavy atom. The van der Waals surface area contributed by atoms with Crippen molar-refractivity contribution in [2.45, 2.75) is 44.1 Å². The van der Waals surface area contributed by atoms with E-state index < -0.39 is 0 Å². The van der Waals surface area contributed by atoms with E-state index >= 15 is 0 Å². The van der Waals surface area contributed by atoms with Crippen LogP contribution in [0.15, 0.2) is 53.7 Å². The summed E-state index contributed by atoms with van der Waals surface area (Å²) in [6.07, 6.45) is 2.13. The first kappa shape index (κ1) is 22.3. The molecule has 1 aliphatic rings. The third-order valence-corrected chi connectivity index (χ3v) is 6.10. The molecule has 0 aliphatic carbocycles. The maximum Gasteiger partial charge on any atom is 0.234 e. The highest BCUT2D eigenvalue weighted by Crippen LogP contribution is 2.22. The van der Waals surface area contributed by atoms with Crippen LogP contribution in [-0.2, 0) is 22.6 Å². The van der Waals surface area contributed by atoms with E-state index in [0.717, 1.165) is 42.2 Å². The lowest BCUT2D eigenvalue weighted by Gasteiger charge is -2.15. The van der Waals surface area contributed by atoms with E-state index in [1.54, 1.807) is 12.1 Å². The van der Waals surface area contributed by atoms with Crippen LogP contribution in [0, 0.1) is 12.7 Å². The minimum atomic E-state index is -0.278. The predicted molar refractivity (Wildman–Crippen MR) is 123 cm³/mol. The van der Waals surface area contributed by atoms with Gasteiger partial charge in [-0.2, -0.15) is 0 Å². The molecule has 0 spiro atoms. The van der Waals surface area contributed by atoms with Crippen LogP contribution in [0.3, 0.4) is 0 Å². The van der Waals surface area contributed by atoms with Crippen LogP contribution < -0.4 is 10.6 Å². The first-order chi connectivity index (χ1) is 15.6. The van der Waals surface area contributed by atoms with E-state index in [2.05, 4.69) is 20.8 Å². The number of aryl methyl sites for hydroxylation is 1. The van der Waals surface area contributed by atoms with Crippen molar-refractivity contribution in [3.05, 3.63) is 65.7 Å². The van der Waals surface area contributed by atoms with Gasteiger partial charge in [0.05, 0.1) is 24.9 Å². The molecule has 1 aliphatic heterocycles. The van der Waals surface area contributed by atoms with E-state index in [0.29, 0.717) is 18.2 Å². The zero-order valence-corrected chi connectivity index (χ0v) is 18.7. The molecule has 1 aromatic heterocycles. The number of aromatic nitrogens is 3. The van der Waals surface area contributed by atoms with Crippen LogP contribution in [0.2, 0.25) is 0 Å². The summed E-state index contributed by atoms with van der Waals surface area (Å²) in [4.78, 5) is 12.4. The molecule has 4 rings (SSSR count). The Balaban J connectivity index is 1.41. The number of nitrogens with one attached hydrogen (secondary N) is 2. The molecule has 2 N–H and O–H groups in total. The van der Waals surface area contributed by atoms with Crippen molar-refractivity contribution < 1.29 is 13.9 Å². The van der Waals surface area contributed by atoms with Crippen molar-refractivity contribution in [3.8, 4) is 0 Å². The molecule has 0 saturated carbocycles. The molecule has 32 heavy (non-hydrogen) atoms. The van der Waals surface area contributed by atoms with Crippen molar-refractivity contribution in [2.24, 2.45) is 0 Å². The molecule has 2 aromatic carbocycles. The number of nitrogens with zero attached hydrogens (tertiary/aromatic N) is 3. The van der Waals surface area contributed by atoms with Crippen LogP contribution in [0.25, 0.3) is 0 Å². The fourth-order valence-corrected chi connectivity index (χ4v) is 4.30. The fourth-order valence-electron chi connectivity index (χ4n) is 3.53. The average molecular weight is 456 g/mol. The lowest BCUT2D eigenvalue weighted by Crippen LogP contribution is -2.20. The number of rotatable bonds is 9. The minimum absolute atomic E-state index is 0.0988. The zero-order valence-electron chi connectivity index (χ0n) is 17.9. The number of anilines is 2. The summed E-state index contributed by atoms with van der Waals surface area (Å²) < 4.78 is 21.0. The molecule has 1 fully saturated rings. The van der Waals surface area contributed by atoms with Gasteiger partial charge in [0, 0.05) is 18.0 Å². The van der Waals surface area contributed by atoms with Crippen molar-refractivity contribution in [3.63, 3.8) is 0 Å². The number of carbonyl (C=O) groups is 1. The number of thioether (sulfide) groups is 1. The van der Waals surface area contributed by atoms with E-state index in [9.17, 15) is 9.18 Å². The van der Waals surface area contributed by atoms with E-state index in [1.165, 1.54) is 23.9 Å². The van der Waals surface area contributed by atoms with Gasteiger partial charge in [-0.1, -0.05) is 23.9 Å². The molecule has 0 bridgehead atoms. The molecule has 0 radical (unpaired) electrons. The second kappa shape index (κ2) is 10.6. The Hall–Kier alpha value is -2.91. The molecule has 1 atom stereocenters. The van der Waals surface area contributed by atoms with Gasteiger partial charge >= 0.3 is 0 Å². The molecular formula is C23H26FN5O2S. The Labute approximate surface area is 190 Å². The Bertz CT molecular complexity index is 1050. The second-order valence-corrected chi connectivity index (χ2v) is 8.65. The summed E-state index contributed by atoms with van der Waals surface area (Å²) in [5.41, 5.74) is 2.66. The third-order valence-electron chi connectivity index (χ3n) is 5.13. The lowest BCUT2D eigenvalue weighted by molar-refractivity contribution is -0.113. The minimum Gasteiger partial charge on any atom is -0.378 e. The summed E-state index contributed by atoms with van der Waals surface area (Å²) in [6.45, 7) is 3.81. The summed E-state index contributed by atoms with van der Waals surface area (Å²) in [7, 11) is 0. The number of ether oxygens (including phenoxy) is 1. The van der Waals surface area contributed by atoms with Gasteiger partial charge in [0.1, 0.15) is 5.82 Å². The number of amides is 1. The van der Waals surface area contributed by atoms with Gasteiger partial charge in [-0.3, -0.25) is 4.79 Å². The maximum atomic E-state index is 13.1. The quantitative estimate of drug-likeness (QED) is 0.470. The van der Waals surface area contributed by atoms with Gasteiger partial charge in [-0.25, -0.2) is 4.39 Å². The second-order valence-electron chi connectivity index (χ2n) is 7.71. The third kappa shape index (κ3) is 6.08. The average Bonchev–Trinajstić information content (AvgIpc) is 3.42. The predicted octanol–water partition coefficient (Wildman–Crippen LogP) is 4.25. The van der Waals surface area contributed by atoms with E-state index in [1.807, 2.05) is 35.8 Å². The highest BCUT2D eigenvalue weighted by Gasteiger charge is 2.21. The van der Waals surface area contributed by atoms with Crippen molar-refractivity contribution in [1.29, 1.82) is 0 Å². The number of hydrogen-bond donors (Lipinski definition) is 2. The number of hydrogen-bond acceptors (Lipinski definition) is 6. The SMILES string of the molecule is Cc1cccc(NC(=O)CSc2nnc(CNc3ccc(F)cc3)n2C[C@@H]2CCCO2)c1. The zero-order chi connectivity index (χ0) is 22.3. The highest BCUT2D eigenvalue weighted by atomic mass is 32.2. The topological polar surface area (TPSA) is 81.1 Å². The largest absolute Gasteiger partial charge is 0.378 e. The van der Waals surface area contributed by atoms with Crippen LogP contribution >= 0.6 is 11.8 Å². The summed E-state index contributed by atoms with van der Waals surface area (Å²) >= 11 is 1.35. The van der Waals surface area contributed by atoms with Crippen molar-refractivity contribution in [1.82, 2.24) is 14.8 Å². The Morgan fingerprint density at radius 3 is 2.81 bits per heavy atom. The van der Waals surface area contributed by atoms with Gasteiger partial charge in [0.15, 0.2) is 11.0 Å². The van der Waals surface area contributed by atoms with Crippen LogP contribution in [0.1, 0.15) is 24.2 Å². The Kier molecular flexibility index (Phi) is 7.39. The molecule has 3 aromatic rings. The maximum absolute atomic E-state index is 13.1. The molecular weight excluding hydrogens is 429 g/mol. The normalized spacial score (nSPS) is 15.6. The van der Waals surface area contributed by atoms with Gasteiger partial charge < -0.3 is 19.9 Å². The van der Waals surface area contributed by atoms with Gasteiger partial charge in [-0.05, 0) is 61.7 Å². The fraction of sp³-hybridized carbons (Fsp3) is 0.348. The van der Waals surface area contributed by atoms with Crippen LogP contribution in [-0.4, -0.2) is 39.1 Å².